The van der Waals surface area contributed by atoms with E-state index in [2.05, 4.69) is 31.2 Å². The van der Waals surface area contributed by atoms with E-state index in [1.54, 1.807) is 12.1 Å². The van der Waals surface area contributed by atoms with Crippen LogP contribution in [-0.2, 0) is 0 Å². The number of benzene rings is 2. The highest BCUT2D eigenvalue weighted by Gasteiger charge is 2.05. The van der Waals surface area contributed by atoms with Gasteiger partial charge in [0, 0.05) is 29.7 Å². The van der Waals surface area contributed by atoms with E-state index in [1.165, 1.54) is 24.3 Å². The molecule has 0 fully saturated rings. The maximum atomic E-state index is 12.9. The Labute approximate surface area is 162 Å². The minimum absolute atomic E-state index is 0.356. The van der Waals surface area contributed by atoms with E-state index >= 15 is 0 Å². The molecule has 0 aliphatic heterocycles. The number of nitrogens with one attached hydrogen (secondary N) is 4. The Morgan fingerprint density at radius 2 is 1.43 bits per heavy atom. The van der Waals surface area contributed by atoms with Crippen molar-refractivity contribution in [1.29, 1.82) is 0 Å². The topological polar surface area (TPSA) is 91.0 Å². The van der Waals surface area contributed by atoms with Crippen molar-refractivity contribution in [2.24, 2.45) is 0 Å². The number of aromatic nitrogens is 2. The van der Waals surface area contributed by atoms with Crippen LogP contribution in [0, 0.1) is 12.7 Å². The first kappa shape index (κ1) is 19.1. The molecule has 0 spiro atoms. The molecule has 1 aromatic heterocycles. The van der Waals surface area contributed by atoms with Gasteiger partial charge in [0.25, 0.3) is 0 Å². The number of urea groups is 1. The molecule has 0 atom stereocenters. The molecule has 0 radical (unpaired) electrons. The van der Waals surface area contributed by atoms with Crippen LogP contribution in [0.5, 0.6) is 0 Å². The molecule has 0 saturated heterocycles. The highest BCUT2D eigenvalue weighted by atomic mass is 19.1. The largest absolute Gasteiger partial charge is 0.370 e. The van der Waals surface area contributed by atoms with E-state index in [1.807, 2.05) is 32.0 Å². The van der Waals surface area contributed by atoms with Gasteiger partial charge >= 0.3 is 6.03 Å². The van der Waals surface area contributed by atoms with Gasteiger partial charge in [0.1, 0.15) is 23.3 Å². The second-order valence-electron chi connectivity index (χ2n) is 6.00. The first-order valence-corrected chi connectivity index (χ1v) is 8.82. The molecule has 0 saturated carbocycles. The van der Waals surface area contributed by atoms with E-state index in [0.29, 0.717) is 23.0 Å². The molecule has 0 bridgehead atoms. The first-order valence-electron chi connectivity index (χ1n) is 8.82. The standard InChI is InChI=1S/C20H21FN6O/c1-3-22-18-12-19(24-13(2)23-18)25-15-8-10-17(11-9-15)27-20(28)26-16-6-4-14(21)5-7-16/h4-12H,3H2,1-2H3,(H2,26,27,28)(H2,22,23,24,25). The fraction of sp³-hybridized carbons (Fsp3) is 0.150. The number of hydrogen-bond donors (Lipinski definition) is 4. The maximum Gasteiger partial charge on any atom is 0.323 e. The smallest absolute Gasteiger partial charge is 0.323 e. The third-order valence-corrected chi connectivity index (χ3v) is 3.71. The third kappa shape index (κ3) is 5.41. The van der Waals surface area contributed by atoms with Crippen molar-refractivity contribution >= 4 is 34.7 Å². The average Bonchev–Trinajstić information content (AvgIpc) is 2.65. The number of amides is 2. The van der Waals surface area contributed by atoms with Gasteiger partial charge in [0.15, 0.2) is 0 Å². The zero-order valence-corrected chi connectivity index (χ0v) is 15.6. The monoisotopic (exact) mass is 380 g/mol. The van der Waals surface area contributed by atoms with E-state index < -0.39 is 6.03 Å². The molecule has 28 heavy (non-hydrogen) atoms. The molecule has 2 aromatic carbocycles. The van der Waals surface area contributed by atoms with Crippen molar-refractivity contribution in [2.45, 2.75) is 13.8 Å². The van der Waals surface area contributed by atoms with Gasteiger partial charge in [-0.2, -0.15) is 0 Å². The molecular formula is C20H21FN6O. The van der Waals surface area contributed by atoms with E-state index in [0.717, 1.165) is 18.1 Å². The lowest BCUT2D eigenvalue weighted by Gasteiger charge is -2.11. The molecule has 1 heterocycles. The summed E-state index contributed by atoms with van der Waals surface area (Å²) in [7, 11) is 0. The van der Waals surface area contributed by atoms with E-state index in [9.17, 15) is 9.18 Å². The summed E-state index contributed by atoms with van der Waals surface area (Å²) in [5.41, 5.74) is 1.95. The van der Waals surface area contributed by atoms with Crippen LogP contribution in [0.2, 0.25) is 0 Å². The average molecular weight is 380 g/mol. The summed E-state index contributed by atoms with van der Waals surface area (Å²) in [5.74, 6) is 1.74. The van der Waals surface area contributed by atoms with Crippen molar-refractivity contribution in [2.75, 3.05) is 27.8 Å². The number of nitrogens with zero attached hydrogens (tertiary/aromatic N) is 2. The lowest BCUT2D eigenvalue weighted by atomic mass is 10.2. The molecule has 7 nitrogen and oxygen atoms in total. The van der Waals surface area contributed by atoms with E-state index in [4.69, 9.17) is 0 Å². The van der Waals surface area contributed by atoms with Crippen molar-refractivity contribution < 1.29 is 9.18 Å². The number of rotatable bonds is 6. The molecule has 4 N–H and O–H groups in total. The van der Waals surface area contributed by atoms with Crippen molar-refractivity contribution in [3.63, 3.8) is 0 Å². The zero-order valence-electron chi connectivity index (χ0n) is 15.6. The number of carbonyl (C=O) groups excluding carboxylic acids is 1. The predicted molar refractivity (Wildman–Crippen MR) is 110 cm³/mol. The summed E-state index contributed by atoms with van der Waals surface area (Å²) in [6, 6.07) is 14.2. The summed E-state index contributed by atoms with van der Waals surface area (Å²) in [4.78, 5) is 20.7. The SMILES string of the molecule is CCNc1cc(Nc2ccc(NC(=O)Nc3ccc(F)cc3)cc2)nc(C)n1. The molecule has 0 aliphatic carbocycles. The molecular weight excluding hydrogens is 359 g/mol. The number of aryl methyl sites for hydroxylation is 1. The van der Waals surface area contributed by atoms with Crippen LogP contribution < -0.4 is 21.3 Å². The number of carbonyl (C=O) groups is 1. The molecule has 144 valence electrons. The van der Waals surface area contributed by atoms with E-state index in [-0.39, 0.29) is 5.82 Å². The van der Waals surface area contributed by atoms with Gasteiger partial charge in [0.05, 0.1) is 0 Å². The molecule has 3 rings (SSSR count). The molecule has 0 unspecified atom stereocenters. The normalized spacial score (nSPS) is 10.2. The Hall–Kier alpha value is -3.68. The Balaban J connectivity index is 1.60. The van der Waals surface area contributed by atoms with Crippen LogP contribution in [0.1, 0.15) is 12.7 Å². The van der Waals surface area contributed by atoms with Crippen LogP contribution in [0.15, 0.2) is 54.6 Å². The van der Waals surface area contributed by atoms with Gasteiger partial charge in [-0.1, -0.05) is 0 Å². The van der Waals surface area contributed by atoms with Crippen LogP contribution in [0.3, 0.4) is 0 Å². The minimum Gasteiger partial charge on any atom is -0.370 e. The third-order valence-electron chi connectivity index (χ3n) is 3.71. The van der Waals surface area contributed by atoms with Gasteiger partial charge < -0.3 is 21.3 Å². The second-order valence-corrected chi connectivity index (χ2v) is 6.00. The molecule has 3 aromatic rings. The number of halogens is 1. The predicted octanol–water partition coefficient (Wildman–Crippen LogP) is 4.74. The Bertz CT molecular complexity index is 944. The Kier molecular flexibility index (Phi) is 6.01. The highest BCUT2D eigenvalue weighted by Crippen LogP contribution is 2.20. The summed E-state index contributed by atoms with van der Waals surface area (Å²) >= 11 is 0. The van der Waals surface area contributed by atoms with Crippen LogP contribution in [-0.4, -0.2) is 22.5 Å². The minimum atomic E-state index is -0.408. The van der Waals surface area contributed by atoms with Crippen LogP contribution in [0.4, 0.5) is 37.9 Å². The highest BCUT2D eigenvalue weighted by molar-refractivity contribution is 5.99. The van der Waals surface area contributed by atoms with Gasteiger partial charge in [-0.05, 0) is 62.4 Å². The number of anilines is 5. The number of hydrogen-bond acceptors (Lipinski definition) is 5. The summed E-state index contributed by atoms with van der Waals surface area (Å²) in [6.07, 6.45) is 0. The molecule has 2 amide bonds. The summed E-state index contributed by atoms with van der Waals surface area (Å²) < 4.78 is 12.9. The summed E-state index contributed by atoms with van der Waals surface area (Å²) in [5, 5.41) is 11.7. The van der Waals surface area contributed by atoms with Gasteiger partial charge in [0.2, 0.25) is 0 Å². The van der Waals surface area contributed by atoms with Crippen molar-refractivity contribution in [1.82, 2.24) is 9.97 Å². The maximum absolute atomic E-state index is 12.9. The van der Waals surface area contributed by atoms with Crippen molar-refractivity contribution in [3.8, 4) is 0 Å². The van der Waals surface area contributed by atoms with Gasteiger partial charge in [-0.15, -0.1) is 0 Å². The quantitative estimate of drug-likeness (QED) is 0.496. The Morgan fingerprint density at radius 1 is 0.893 bits per heavy atom. The second kappa shape index (κ2) is 8.81. The van der Waals surface area contributed by atoms with Crippen molar-refractivity contribution in [3.05, 3.63) is 66.2 Å². The fourth-order valence-corrected chi connectivity index (χ4v) is 2.51. The Morgan fingerprint density at radius 3 is 2.04 bits per heavy atom. The fourth-order valence-electron chi connectivity index (χ4n) is 2.51. The molecule has 8 heteroatoms. The van der Waals surface area contributed by atoms with Gasteiger partial charge in [-0.25, -0.2) is 19.2 Å². The van der Waals surface area contributed by atoms with Crippen LogP contribution >= 0.6 is 0 Å². The molecule has 0 aliphatic rings. The van der Waals surface area contributed by atoms with Gasteiger partial charge in [-0.3, -0.25) is 0 Å². The first-order chi connectivity index (χ1) is 13.5. The summed E-state index contributed by atoms with van der Waals surface area (Å²) in [6.45, 7) is 4.61. The lowest BCUT2D eigenvalue weighted by molar-refractivity contribution is 0.262. The zero-order chi connectivity index (χ0) is 19.9. The lowest BCUT2D eigenvalue weighted by Crippen LogP contribution is -2.19. The van der Waals surface area contributed by atoms with Crippen LogP contribution in [0.25, 0.3) is 0 Å².